The van der Waals surface area contributed by atoms with Gasteiger partial charge in [-0.15, -0.1) is 0 Å². The van der Waals surface area contributed by atoms with E-state index in [1.165, 1.54) is 5.56 Å². The number of hydrogen-bond acceptors (Lipinski definition) is 4. The Morgan fingerprint density at radius 2 is 2.25 bits per heavy atom. The quantitative estimate of drug-likeness (QED) is 0.878. The molecule has 2 aromatic rings. The number of rotatable bonds is 6. The second-order valence-electron chi connectivity index (χ2n) is 4.80. The Hall–Kier alpha value is -1.88. The molecule has 108 valence electrons. The topological polar surface area (TPSA) is 52.0 Å². The minimum absolute atomic E-state index is 0.0288. The molecule has 2 heterocycles. The van der Waals surface area contributed by atoms with E-state index < -0.39 is 0 Å². The van der Waals surface area contributed by atoms with Gasteiger partial charge >= 0.3 is 0 Å². The van der Waals surface area contributed by atoms with Crippen molar-refractivity contribution in [2.75, 3.05) is 14.2 Å². The first-order chi connectivity index (χ1) is 9.71. The number of pyridine rings is 1. The molecule has 0 radical (unpaired) electrons. The van der Waals surface area contributed by atoms with Crippen LogP contribution in [0.2, 0.25) is 0 Å². The van der Waals surface area contributed by atoms with E-state index in [0.717, 1.165) is 30.1 Å². The van der Waals surface area contributed by atoms with Crippen LogP contribution in [-0.4, -0.2) is 28.9 Å². The highest BCUT2D eigenvalue weighted by molar-refractivity contribution is 5.34. The van der Waals surface area contributed by atoms with Crippen LogP contribution in [0.4, 0.5) is 0 Å². The molecule has 20 heavy (non-hydrogen) atoms. The van der Waals surface area contributed by atoms with Gasteiger partial charge in [-0.2, -0.15) is 5.10 Å². The molecule has 0 amide bonds. The third-order valence-electron chi connectivity index (χ3n) is 3.29. The highest BCUT2D eigenvalue weighted by Gasteiger charge is 2.23. The molecule has 1 unspecified atom stereocenters. The predicted octanol–water partition coefficient (Wildman–Crippen LogP) is 2.31. The first kappa shape index (κ1) is 14.5. The lowest BCUT2D eigenvalue weighted by Crippen LogP contribution is -2.23. The van der Waals surface area contributed by atoms with Crippen LogP contribution in [0, 0.1) is 6.92 Å². The van der Waals surface area contributed by atoms with Crippen molar-refractivity contribution in [2.45, 2.75) is 32.9 Å². The largest absolute Gasteiger partial charge is 0.493 e. The lowest BCUT2D eigenvalue weighted by molar-refractivity contribution is 0.399. The van der Waals surface area contributed by atoms with Crippen molar-refractivity contribution < 1.29 is 4.74 Å². The lowest BCUT2D eigenvalue weighted by atomic mass is 10.1. The lowest BCUT2D eigenvalue weighted by Gasteiger charge is -2.19. The Balaban J connectivity index is 2.48. The predicted molar refractivity (Wildman–Crippen MR) is 78.9 cm³/mol. The highest BCUT2D eigenvalue weighted by atomic mass is 16.5. The second-order valence-corrected chi connectivity index (χ2v) is 4.80. The van der Waals surface area contributed by atoms with E-state index in [2.05, 4.69) is 35.3 Å². The number of aromatic nitrogens is 3. The molecule has 0 spiro atoms. The second kappa shape index (κ2) is 6.52. The average Bonchev–Trinajstić information content (AvgIpc) is 2.84. The van der Waals surface area contributed by atoms with Crippen molar-refractivity contribution in [3.05, 3.63) is 41.5 Å². The van der Waals surface area contributed by atoms with Gasteiger partial charge < -0.3 is 10.1 Å². The van der Waals surface area contributed by atoms with E-state index in [0.29, 0.717) is 0 Å². The molecule has 2 aromatic heterocycles. The van der Waals surface area contributed by atoms with E-state index in [4.69, 9.17) is 4.74 Å². The normalized spacial score (nSPS) is 12.4. The summed E-state index contributed by atoms with van der Waals surface area (Å²) in [5.74, 6) is 0.793. The van der Waals surface area contributed by atoms with Gasteiger partial charge in [0.05, 0.1) is 25.0 Å². The summed E-state index contributed by atoms with van der Waals surface area (Å²) in [6.45, 7) is 5.07. The molecule has 0 fully saturated rings. The zero-order valence-corrected chi connectivity index (χ0v) is 12.6. The van der Waals surface area contributed by atoms with Crippen LogP contribution in [0.5, 0.6) is 5.75 Å². The van der Waals surface area contributed by atoms with E-state index in [9.17, 15) is 0 Å². The van der Waals surface area contributed by atoms with Crippen LogP contribution in [0.1, 0.15) is 36.3 Å². The maximum atomic E-state index is 5.46. The number of hydrogen-bond donors (Lipinski definition) is 1. The molecule has 0 aliphatic rings. The molecule has 1 N–H and O–H groups in total. The smallest absolute Gasteiger partial charge is 0.161 e. The molecule has 0 bridgehead atoms. The zero-order chi connectivity index (χ0) is 14.5. The van der Waals surface area contributed by atoms with Crippen molar-refractivity contribution in [3.63, 3.8) is 0 Å². The molecular weight excluding hydrogens is 252 g/mol. The first-order valence-corrected chi connectivity index (χ1v) is 6.90. The Morgan fingerprint density at radius 3 is 2.85 bits per heavy atom. The molecule has 2 rings (SSSR count). The van der Waals surface area contributed by atoms with Gasteiger partial charge in [0.2, 0.25) is 0 Å². The van der Waals surface area contributed by atoms with Gasteiger partial charge in [-0.3, -0.25) is 9.67 Å². The van der Waals surface area contributed by atoms with E-state index in [1.54, 1.807) is 13.3 Å². The number of methoxy groups -OCH3 is 1. The summed E-state index contributed by atoms with van der Waals surface area (Å²) in [7, 11) is 3.60. The summed E-state index contributed by atoms with van der Waals surface area (Å²) in [5, 5.41) is 7.74. The molecule has 0 aliphatic heterocycles. The monoisotopic (exact) mass is 274 g/mol. The van der Waals surface area contributed by atoms with Crippen molar-refractivity contribution >= 4 is 0 Å². The molecule has 0 aromatic carbocycles. The van der Waals surface area contributed by atoms with E-state index in [-0.39, 0.29) is 6.04 Å². The van der Waals surface area contributed by atoms with Crippen molar-refractivity contribution in [1.82, 2.24) is 20.1 Å². The minimum Gasteiger partial charge on any atom is -0.493 e. The zero-order valence-electron chi connectivity index (χ0n) is 12.6. The number of ether oxygens (including phenoxy) is 1. The van der Waals surface area contributed by atoms with Crippen LogP contribution in [0.25, 0.3) is 0 Å². The van der Waals surface area contributed by atoms with Gasteiger partial charge in [-0.1, -0.05) is 6.92 Å². The maximum Gasteiger partial charge on any atom is 0.161 e. The molecule has 5 nitrogen and oxygen atoms in total. The SMILES string of the molecule is CCCn1ncc(OC)c1C(NC)c1cc(C)ccn1. The first-order valence-electron chi connectivity index (χ1n) is 6.90. The summed E-state index contributed by atoms with van der Waals surface area (Å²) >= 11 is 0. The number of aryl methyl sites for hydroxylation is 2. The summed E-state index contributed by atoms with van der Waals surface area (Å²) in [5.41, 5.74) is 3.19. The molecule has 0 aliphatic carbocycles. The van der Waals surface area contributed by atoms with Crippen LogP contribution < -0.4 is 10.1 Å². The fourth-order valence-corrected chi connectivity index (χ4v) is 2.36. The van der Waals surface area contributed by atoms with Gasteiger partial charge in [0.1, 0.15) is 5.69 Å². The van der Waals surface area contributed by atoms with Crippen molar-refractivity contribution in [2.24, 2.45) is 0 Å². The molecule has 1 atom stereocenters. The Bertz CT molecular complexity index is 565. The summed E-state index contributed by atoms with van der Waals surface area (Å²) in [4.78, 5) is 4.48. The maximum absolute atomic E-state index is 5.46. The van der Waals surface area contributed by atoms with Crippen LogP contribution >= 0.6 is 0 Å². The van der Waals surface area contributed by atoms with E-state index >= 15 is 0 Å². The van der Waals surface area contributed by atoms with Crippen LogP contribution in [-0.2, 0) is 6.54 Å². The minimum atomic E-state index is -0.0288. The Morgan fingerprint density at radius 1 is 1.45 bits per heavy atom. The van der Waals surface area contributed by atoms with Gasteiger partial charge in [-0.25, -0.2) is 0 Å². The van der Waals surface area contributed by atoms with Gasteiger partial charge in [0, 0.05) is 12.7 Å². The molecule has 0 saturated carbocycles. The fourth-order valence-electron chi connectivity index (χ4n) is 2.36. The Kier molecular flexibility index (Phi) is 4.74. The van der Waals surface area contributed by atoms with Gasteiger partial charge in [0.15, 0.2) is 5.75 Å². The highest BCUT2D eigenvalue weighted by Crippen LogP contribution is 2.29. The number of nitrogens with zero attached hydrogens (tertiary/aromatic N) is 3. The third-order valence-corrected chi connectivity index (χ3v) is 3.29. The van der Waals surface area contributed by atoms with E-state index in [1.807, 2.05) is 24.0 Å². The standard InChI is InChI=1S/C15H22N4O/c1-5-8-19-15(13(20-4)10-18-19)14(16-3)12-9-11(2)6-7-17-12/h6-7,9-10,14,16H,5,8H2,1-4H3. The van der Waals surface area contributed by atoms with Crippen molar-refractivity contribution in [1.29, 1.82) is 0 Å². The fraction of sp³-hybridized carbons (Fsp3) is 0.467. The summed E-state index contributed by atoms with van der Waals surface area (Å²) < 4.78 is 7.45. The summed E-state index contributed by atoms with van der Waals surface area (Å²) in [6.07, 6.45) is 4.63. The van der Waals surface area contributed by atoms with Gasteiger partial charge in [0.25, 0.3) is 0 Å². The average molecular weight is 274 g/mol. The summed E-state index contributed by atoms with van der Waals surface area (Å²) in [6, 6.07) is 4.06. The third kappa shape index (κ3) is 2.82. The molecular formula is C15H22N4O. The number of nitrogens with one attached hydrogen (secondary N) is 1. The van der Waals surface area contributed by atoms with Crippen LogP contribution in [0.3, 0.4) is 0 Å². The van der Waals surface area contributed by atoms with Gasteiger partial charge in [-0.05, 0) is 38.1 Å². The van der Waals surface area contributed by atoms with Crippen LogP contribution in [0.15, 0.2) is 24.5 Å². The Labute approximate surface area is 120 Å². The van der Waals surface area contributed by atoms with Crippen molar-refractivity contribution in [3.8, 4) is 5.75 Å². The molecule has 0 saturated heterocycles. The molecule has 5 heteroatoms.